The highest BCUT2D eigenvalue weighted by molar-refractivity contribution is 7.91. The number of hydrogen-bond acceptors (Lipinski definition) is 10. The third-order valence-corrected chi connectivity index (χ3v) is 10.7. The molecule has 2 aliphatic rings. The van der Waals surface area contributed by atoms with Gasteiger partial charge in [-0.1, -0.05) is 12.0 Å². The Morgan fingerprint density at radius 3 is 2.53 bits per heavy atom. The maximum atomic E-state index is 12.7. The average Bonchev–Trinajstić information content (AvgIpc) is 3.74. The fourth-order valence-electron chi connectivity index (χ4n) is 5.82. The maximum absolute atomic E-state index is 12.7. The summed E-state index contributed by atoms with van der Waals surface area (Å²) in [5, 5.41) is 8.10. The number of sulfone groups is 1. The van der Waals surface area contributed by atoms with Crippen LogP contribution >= 0.6 is 0 Å². The highest BCUT2D eigenvalue weighted by atomic mass is 32.2. The van der Waals surface area contributed by atoms with Gasteiger partial charge < -0.3 is 14.8 Å². The summed E-state index contributed by atoms with van der Waals surface area (Å²) in [4.78, 5) is 29.8. The minimum absolute atomic E-state index is 0.290. The standard InChI is InChI=1S/C30H37N7O5S/c1-8-29(6,36-37-31)22-16-33-26(41-17(2)13-18(3)43(7,39)40)21-15-32-24(14-20(21)22)34-23-10-9-19-25(35-23)30(11-12-30)28(4,5)42-27(19)38/h9-10,14-18H,8,11-13H2,1-7H3,(H,32,34,35)/t17-,18-,29-/m1/s1. The van der Waals surface area contributed by atoms with Gasteiger partial charge in [0.1, 0.15) is 27.1 Å². The quantitative estimate of drug-likeness (QED) is 0.121. The zero-order chi connectivity index (χ0) is 31.4. The van der Waals surface area contributed by atoms with Gasteiger partial charge in [0.05, 0.1) is 39.0 Å². The van der Waals surface area contributed by atoms with Crippen molar-refractivity contribution in [3.63, 3.8) is 0 Å². The number of pyridine rings is 3. The van der Waals surface area contributed by atoms with Gasteiger partial charge in [0.15, 0.2) is 0 Å². The number of azide groups is 1. The second-order valence-electron chi connectivity index (χ2n) is 12.4. The van der Waals surface area contributed by atoms with Crippen molar-refractivity contribution in [3.8, 4) is 5.88 Å². The molecule has 1 N–H and O–H groups in total. The smallest absolute Gasteiger partial charge is 0.340 e. The molecule has 1 aliphatic heterocycles. The summed E-state index contributed by atoms with van der Waals surface area (Å²) in [5.41, 5.74) is 9.39. The molecule has 0 radical (unpaired) electrons. The number of carbonyl (C=O) groups is 1. The highest BCUT2D eigenvalue weighted by Crippen LogP contribution is 2.59. The molecule has 3 atom stereocenters. The van der Waals surface area contributed by atoms with Crippen molar-refractivity contribution in [2.75, 3.05) is 11.6 Å². The van der Waals surface area contributed by atoms with Crippen molar-refractivity contribution in [2.24, 2.45) is 5.11 Å². The van der Waals surface area contributed by atoms with Crippen molar-refractivity contribution < 1.29 is 22.7 Å². The number of esters is 1. The molecule has 228 valence electrons. The number of nitrogens with zero attached hydrogens (tertiary/aromatic N) is 6. The minimum Gasteiger partial charge on any atom is -0.474 e. The summed E-state index contributed by atoms with van der Waals surface area (Å²) < 4.78 is 35.8. The Balaban J connectivity index is 1.55. The number of anilines is 2. The van der Waals surface area contributed by atoms with E-state index in [0.29, 0.717) is 45.8 Å². The van der Waals surface area contributed by atoms with Gasteiger partial charge in [-0.2, -0.15) is 0 Å². The Morgan fingerprint density at radius 1 is 1.19 bits per heavy atom. The largest absolute Gasteiger partial charge is 0.474 e. The molecule has 1 spiro atoms. The summed E-state index contributed by atoms with van der Waals surface area (Å²) in [6.45, 7) is 11.1. The van der Waals surface area contributed by atoms with E-state index >= 15 is 0 Å². The number of ether oxygens (including phenoxy) is 2. The zero-order valence-electron chi connectivity index (χ0n) is 25.5. The number of hydrogen-bond donors (Lipinski definition) is 1. The van der Waals surface area contributed by atoms with Crippen LogP contribution in [-0.4, -0.2) is 52.5 Å². The van der Waals surface area contributed by atoms with E-state index in [1.165, 1.54) is 6.26 Å². The van der Waals surface area contributed by atoms with Gasteiger partial charge >= 0.3 is 5.97 Å². The number of rotatable bonds is 10. The first-order valence-electron chi connectivity index (χ1n) is 14.4. The van der Waals surface area contributed by atoms with Crippen LogP contribution in [0.3, 0.4) is 0 Å². The third kappa shape index (κ3) is 5.47. The first-order chi connectivity index (χ1) is 20.1. The van der Waals surface area contributed by atoms with Gasteiger partial charge in [-0.3, -0.25) is 0 Å². The molecule has 3 aromatic heterocycles. The lowest BCUT2D eigenvalue weighted by molar-refractivity contribution is -0.0285. The van der Waals surface area contributed by atoms with Crippen molar-refractivity contribution in [1.29, 1.82) is 0 Å². The Kier molecular flexibility index (Phi) is 7.55. The van der Waals surface area contributed by atoms with Gasteiger partial charge in [0.25, 0.3) is 0 Å². The minimum atomic E-state index is -3.22. The van der Waals surface area contributed by atoms with Gasteiger partial charge in [0, 0.05) is 30.0 Å². The molecule has 0 amide bonds. The van der Waals surface area contributed by atoms with E-state index in [1.807, 2.05) is 33.8 Å². The normalized spacial score (nSPS) is 19.4. The number of cyclic esters (lactones) is 1. The van der Waals surface area contributed by atoms with Crippen LogP contribution in [-0.2, 0) is 25.5 Å². The van der Waals surface area contributed by atoms with Crippen LogP contribution in [0.1, 0.15) is 88.8 Å². The molecule has 0 aromatic carbocycles. The zero-order valence-corrected chi connectivity index (χ0v) is 26.3. The maximum Gasteiger partial charge on any atom is 0.340 e. The van der Waals surface area contributed by atoms with E-state index in [1.54, 1.807) is 38.4 Å². The van der Waals surface area contributed by atoms with Crippen molar-refractivity contribution in [2.45, 2.75) is 95.1 Å². The van der Waals surface area contributed by atoms with E-state index in [4.69, 9.17) is 14.5 Å². The number of nitrogens with one attached hydrogen (secondary N) is 1. The van der Waals surface area contributed by atoms with Gasteiger partial charge in [-0.05, 0) is 88.6 Å². The second kappa shape index (κ2) is 10.6. The molecule has 0 saturated heterocycles. The van der Waals surface area contributed by atoms with Crippen molar-refractivity contribution in [3.05, 3.63) is 57.9 Å². The molecule has 1 fully saturated rings. The van der Waals surface area contributed by atoms with E-state index in [0.717, 1.165) is 18.5 Å². The van der Waals surface area contributed by atoms with Gasteiger partial charge in [-0.25, -0.2) is 28.2 Å². The summed E-state index contributed by atoms with van der Waals surface area (Å²) in [6.07, 6.45) is 6.61. The molecule has 4 heterocycles. The number of fused-ring (bicyclic) bond motifs is 3. The predicted molar refractivity (Wildman–Crippen MR) is 163 cm³/mol. The second-order valence-corrected chi connectivity index (χ2v) is 14.9. The lowest BCUT2D eigenvalue weighted by atomic mass is 9.80. The predicted octanol–water partition coefficient (Wildman–Crippen LogP) is 6.28. The molecular weight excluding hydrogens is 570 g/mol. The van der Waals surface area contributed by atoms with Crippen LogP contribution in [0.2, 0.25) is 0 Å². The number of aromatic nitrogens is 3. The van der Waals surface area contributed by atoms with Crippen molar-refractivity contribution in [1.82, 2.24) is 15.0 Å². The average molecular weight is 608 g/mol. The molecule has 1 aliphatic carbocycles. The SMILES string of the molecule is CC[C@@](C)(N=[N+]=[N-])c1cnc(O[C@H](C)C[C@@H](C)S(C)(=O)=O)c2cnc(Nc3ccc4c(n3)C3(CC3)C(C)(C)OC4=O)cc12. The first-order valence-corrected chi connectivity index (χ1v) is 16.3. The summed E-state index contributed by atoms with van der Waals surface area (Å²) in [6, 6.07) is 5.29. The fourth-order valence-corrected chi connectivity index (χ4v) is 6.44. The molecule has 5 rings (SSSR count). The first kappa shape index (κ1) is 30.5. The molecule has 12 nitrogen and oxygen atoms in total. The van der Waals surface area contributed by atoms with E-state index < -0.39 is 32.3 Å². The topological polar surface area (TPSA) is 169 Å². The third-order valence-electron chi connectivity index (χ3n) is 9.05. The van der Waals surface area contributed by atoms with E-state index in [2.05, 4.69) is 25.3 Å². The molecule has 13 heteroatoms. The lowest BCUT2D eigenvalue weighted by Gasteiger charge is -2.39. The summed E-state index contributed by atoms with van der Waals surface area (Å²) >= 11 is 0. The Labute approximate surface area is 251 Å². The molecule has 1 saturated carbocycles. The van der Waals surface area contributed by atoms with Crippen LogP contribution in [0.15, 0.2) is 35.7 Å². The van der Waals surface area contributed by atoms with Crippen molar-refractivity contribution >= 4 is 38.2 Å². The van der Waals surface area contributed by atoms with Gasteiger partial charge in [-0.15, -0.1) is 0 Å². The molecule has 0 unspecified atom stereocenters. The molecule has 3 aromatic rings. The fraction of sp³-hybridized carbons (Fsp3) is 0.533. The van der Waals surface area contributed by atoms with Crippen LogP contribution in [0.4, 0.5) is 11.6 Å². The summed E-state index contributed by atoms with van der Waals surface area (Å²) in [7, 11) is -3.22. The van der Waals surface area contributed by atoms with Crippen LogP contribution in [0.5, 0.6) is 5.88 Å². The molecule has 43 heavy (non-hydrogen) atoms. The van der Waals surface area contributed by atoms with Gasteiger partial charge in [0.2, 0.25) is 5.88 Å². The molecular formula is C30H37N7O5S. The van der Waals surface area contributed by atoms with Crippen LogP contribution in [0, 0.1) is 0 Å². The van der Waals surface area contributed by atoms with E-state index in [-0.39, 0.29) is 17.8 Å². The number of carbonyl (C=O) groups excluding carboxylic acids is 1. The monoisotopic (exact) mass is 607 g/mol. The Morgan fingerprint density at radius 2 is 1.91 bits per heavy atom. The van der Waals surface area contributed by atoms with E-state index in [9.17, 15) is 18.7 Å². The Bertz CT molecular complexity index is 1770. The lowest BCUT2D eigenvalue weighted by Crippen LogP contribution is -2.46. The van der Waals surface area contributed by atoms with Crippen LogP contribution in [0.25, 0.3) is 21.2 Å². The summed E-state index contributed by atoms with van der Waals surface area (Å²) in [5.74, 6) is 0.945. The van der Waals surface area contributed by atoms with Crippen LogP contribution < -0.4 is 10.1 Å². The highest BCUT2D eigenvalue weighted by Gasteiger charge is 2.63. The molecule has 0 bridgehead atoms. The Hall–Kier alpha value is -3.96.